The summed E-state index contributed by atoms with van der Waals surface area (Å²) in [5.74, 6) is 0.713. The van der Waals surface area contributed by atoms with Crippen LogP contribution in [0.1, 0.15) is 13.8 Å². The van der Waals surface area contributed by atoms with Gasteiger partial charge in [-0.25, -0.2) is 4.98 Å². The summed E-state index contributed by atoms with van der Waals surface area (Å²) in [4.78, 5) is 19.1. The molecule has 0 bridgehead atoms. The molecule has 4 rings (SSSR count). The Morgan fingerprint density at radius 3 is 2.53 bits per heavy atom. The van der Waals surface area contributed by atoms with Crippen LogP contribution in [-0.4, -0.2) is 30.6 Å². The molecule has 0 saturated heterocycles. The maximum absolute atomic E-state index is 12.3. The molecule has 1 heterocycles. The first-order valence-electron chi connectivity index (χ1n) is 10.5. The molecule has 0 fully saturated rings. The van der Waals surface area contributed by atoms with E-state index in [1.165, 1.54) is 5.69 Å². The van der Waals surface area contributed by atoms with E-state index in [-0.39, 0.29) is 12.5 Å². The van der Waals surface area contributed by atoms with Gasteiger partial charge in [0.1, 0.15) is 11.3 Å². The molecule has 0 atom stereocenters. The Morgan fingerprint density at radius 1 is 1.06 bits per heavy atom. The largest absolute Gasteiger partial charge is 0.482 e. The quantitative estimate of drug-likeness (QED) is 0.356. The minimum Gasteiger partial charge on any atom is -0.482 e. The SMILES string of the molecule is CCN(CC)c1ccc(-c2nc3cc(NC(=O)COc4ccccc4Cl)ccc3o2)cc1. The fraction of sp³-hybridized carbons (Fsp3) is 0.200. The average molecular weight is 450 g/mol. The Balaban J connectivity index is 1.44. The van der Waals surface area contributed by atoms with Crippen LogP contribution in [0.15, 0.2) is 71.1 Å². The Morgan fingerprint density at radius 2 is 1.81 bits per heavy atom. The number of nitrogens with one attached hydrogen (secondary N) is 1. The number of nitrogens with zero attached hydrogens (tertiary/aromatic N) is 2. The summed E-state index contributed by atoms with van der Waals surface area (Å²) in [6.07, 6.45) is 0. The van der Waals surface area contributed by atoms with E-state index in [4.69, 9.17) is 20.8 Å². The van der Waals surface area contributed by atoms with E-state index in [1.54, 1.807) is 42.5 Å². The predicted molar refractivity (Wildman–Crippen MR) is 129 cm³/mol. The number of para-hydroxylation sites is 1. The van der Waals surface area contributed by atoms with E-state index in [2.05, 4.69) is 41.2 Å². The lowest BCUT2D eigenvalue weighted by Crippen LogP contribution is -2.21. The third kappa shape index (κ3) is 4.86. The summed E-state index contributed by atoms with van der Waals surface area (Å²) in [6, 6.07) is 20.5. The maximum Gasteiger partial charge on any atom is 0.262 e. The standard InChI is InChI=1S/C25H24ClN3O3/c1-3-29(4-2)19-12-9-17(10-13-19)25-28-21-15-18(11-14-23(21)32-25)27-24(30)16-31-22-8-6-5-7-20(22)26/h5-15H,3-4,16H2,1-2H3,(H,27,30). The first kappa shape index (κ1) is 21.7. The molecule has 1 aromatic heterocycles. The lowest BCUT2D eigenvalue weighted by molar-refractivity contribution is -0.118. The molecule has 6 nitrogen and oxygen atoms in total. The van der Waals surface area contributed by atoms with Gasteiger partial charge in [-0.15, -0.1) is 0 Å². The summed E-state index contributed by atoms with van der Waals surface area (Å²) in [5.41, 5.74) is 3.99. The summed E-state index contributed by atoms with van der Waals surface area (Å²) >= 11 is 6.05. The molecule has 7 heteroatoms. The summed E-state index contributed by atoms with van der Waals surface area (Å²) in [6.45, 7) is 6.03. The highest BCUT2D eigenvalue weighted by Gasteiger charge is 2.12. The molecule has 164 valence electrons. The van der Waals surface area contributed by atoms with E-state index in [0.29, 0.717) is 33.4 Å². The van der Waals surface area contributed by atoms with Gasteiger partial charge in [-0.05, 0) is 68.4 Å². The van der Waals surface area contributed by atoms with Crippen molar-refractivity contribution in [3.8, 4) is 17.2 Å². The van der Waals surface area contributed by atoms with Crippen LogP contribution in [0.2, 0.25) is 5.02 Å². The minimum atomic E-state index is -0.292. The molecule has 1 N–H and O–H groups in total. The van der Waals surface area contributed by atoms with Crippen LogP contribution in [0.3, 0.4) is 0 Å². The highest BCUT2D eigenvalue weighted by Crippen LogP contribution is 2.28. The number of amides is 1. The predicted octanol–water partition coefficient (Wildman–Crippen LogP) is 6.01. The van der Waals surface area contributed by atoms with Crippen LogP contribution in [0.25, 0.3) is 22.6 Å². The molecule has 1 amide bonds. The van der Waals surface area contributed by atoms with Crippen LogP contribution in [-0.2, 0) is 4.79 Å². The fourth-order valence-corrected chi connectivity index (χ4v) is 3.62. The van der Waals surface area contributed by atoms with E-state index in [0.717, 1.165) is 18.7 Å². The summed E-state index contributed by atoms with van der Waals surface area (Å²) < 4.78 is 11.4. The lowest BCUT2D eigenvalue weighted by Gasteiger charge is -2.20. The van der Waals surface area contributed by atoms with E-state index >= 15 is 0 Å². The highest BCUT2D eigenvalue weighted by atomic mass is 35.5. The van der Waals surface area contributed by atoms with Crippen LogP contribution in [0.4, 0.5) is 11.4 Å². The Kier molecular flexibility index (Phi) is 6.61. The van der Waals surface area contributed by atoms with Gasteiger partial charge in [0.15, 0.2) is 12.2 Å². The zero-order chi connectivity index (χ0) is 22.5. The molecule has 0 aliphatic carbocycles. The van der Waals surface area contributed by atoms with Gasteiger partial charge in [-0.2, -0.15) is 0 Å². The number of carbonyl (C=O) groups excluding carboxylic acids is 1. The van der Waals surface area contributed by atoms with Gasteiger partial charge < -0.3 is 19.4 Å². The summed E-state index contributed by atoms with van der Waals surface area (Å²) in [5, 5.41) is 3.27. The number of hydrogen-bond donors (Lipinski definition) is 1. The van der Waals surface area contributed by atoms with Gasteiger partial charge in [-0.1, -0.05) is 23.7 Å². The van der Waals surface area contributed by atoms with Crippen molar-refractivity contribution in [2.45, 2.75) is 13.8 Å². The number of aromatic nitrogens is 1. The molecule has 0 unspecified atom stereocenters. The number of rotatable bonds is 8. The topological polar surface area (TPSA) is 67.6 Å². The number of carbonyl (C=O) groups is 1. The summed E-state index contributed by atoms with van der Waals surface area (Å²) in [7, 11) is 0. The number of benzene rings is 3. The Bertz CT molecular complexity index is 1220. The smallest absolute Gasteiger partial charge is 0.262 e. The van der Waals surface area contributed by atoms with Crippen LogP contribution in [0, 0.1) is 0 Å². The van der Waals surface area contributed by atoms with Crippen molar-refractivity contribution in [2.24, 2.45) is 0 Å². The highest BCUT2D eigenvalue weighted by molar-refractivity contribution is 6.32. The van der Waals surface area contributed by atoms with Gasteiger partial charge in [0.2, 0.25) is 5.89 Å². The number of halogens is 1. The Hall–Kier alpha value is -3.51. The minimum absolute atomic E-state index is 0.148. The molecule has 0 saturated carbocycles. The van der Waals surface area contributed by atoms with Crippen LogP contribution >= 0.6 is 11.6 Å². The first-order valence-corrected chi connectivity index (χ1v) is 10.9. The second kappa shape index (κ2) is 9.75. The van der Waals surface area contributed by atoms with Gasteiger partial charge >= 0.3 is 0 Å². The van der Waals surface area contributed by atoms with Gasteiger partial charge in [-0.3, -0.25) is 4.79 Å². The van der Waals surface area contributed by atoms with E-state index in [9.17, 15) is 4.79 Å². The number of fused-ring (bicyclic) bond motifs is 1. The molecule has 0 aliphatic rings. The van der Waals surface area contributed by atoms with Crippen molar-refractivity contribution >= 4 is 40.0 Å². The molecular formula is C25H24ClN3O3. The zero-order valence-electron chi connectivity index (χ0n) is 18.0. The normalized spacial score (nSPS) is 10.8. The molecule has 0 spiro atoms. The zero-order valence-corrected chi connectivity index (χ0v) is 18.7. The molecular weight excluding hydrogens is 426 g/mol. The number of ether oxygens (including phenoxy) is 1. The van der Waals surface area contributed by atoms with Crippen molar-refractivity contribution in [1.82, 2.24) is 4.98 Å². The van der Waals surface area contributed by atoms with Crippen molar-refractivity contribution < 1.29 is 13.9 Å². The molecule has 3 aromatic carbocycles. The molecule has 0 aliphatic heterocycles. The second-order valence-corrected chi connectivity index (χ2v) is 7.60. The van der Waals surface area contributed by atoms with Crippen molar-refractivity contribution in [3.05, 3.63) is 71.8 Å². The van der Waals surface area contributed by atoms with Gasteiger partial charge in [0, 0.05) is 30.0 Å². The van der Waals surface area contributed by atoms with Gasteiger partial charge in [0.05, 0.1) is 5.02 Å². The molecule has 0 radical (unpaired) electrons. The number of oxazole rings is 1. The van der Waals surface area contributed by atoms with E-state index < -0.39 is 0 Å². The number of anilines is 2. The number of hydrogen-bond acceptors (Lipinski definition) is 5. The van der Waals surface area contributed by atoms with Crippen molar-refractivity contribution in [2.75, 3.05) is 29.9 Å². The van der Waals surface area contributed by atoms with Crippen molar-refractivity contribution in [3.63, 3.8) is 0 Å². The second-order valence-electron chi connectivity index (χ2n) is 7.19. The van der Waals surface area contributed by atoms with Crippen LogP contribution in [0.5, 0.6) is 5.75 Å². The third-order valence-corrected chi connectivity index (χ3v) is 5.42. The average Bonchev–Trinajstić information content (AvgIpc) is 3.23. The molecule has 32 heavy (non-hydrogen) atoms. The lowest BCUT2D eigenvalue weighted by atomic mass is 10.2. The monoisotopic (exact) mass is 449 g/mol. The van der Waals surface area contributed by atoms with Crippen molar-refractivity contribution in [1.29, 1.82) is 0 Å². The molecule has 4 aromatic rings. The third-order valence-electron chi connectivity index (χ3n) is 5.11. The van der Waals surface area contributed by atoms with E-state index in [1.807, 2.05) is 12.1 Å². The maximum atomic E-state index is 12.3. The Labute approximate surface area is 191 Å². The first-order chi connectivity index (χ1) is 15.6. The van der Waals surface area contributed by atoms with Gasteiger partial charge in [0.25, 0.3) is 5.91 Å². The fourth-order valence-electron chi connectivity index (χ4n) is 3.43. The van der Waals surface area contributed by atoms with Crippen LogP contribution < -0.4 is 15.0 Å².